The number of fused-ring (bicyclic) bond motifs is 1. The third-order valence-electron chi connectivity index (χ3n) is 4.84. The Morgan fingerprint density at radius 2 is 2.04 bits per heavy atom. The average Bonchev–Trinajstić information content (AvgIpc) is 3.28. The molecule has 2 heterocycles. The minimum atomic E-state index is -1.11. The molecule has 1 amide bonds. The van der Waals surface area contributed by atoms with Crippen LogP contribution < -0.4 is 4.90 Å². The molecule has 1 unspecified atom stereocenters. The summed E-state index contributed by atoms with van der Waals surface area (Å²) in [5.41, 5.74) is 3.35. The standard InChI is InChI=1S/C21H18ClN3O3/c1-12-19(25(21(26)27)13(2)16-5-3-4-6-17(16)22)20(28-24-12)15-7-8-18-14(11-15)9-10-23-18/h3-11,13,23H,1-2H3,(H,26,27). The molecule has 0 aliphatic heterocycles. The highest BCUT2D eigenvalue weighted by atomic mass is 35.5. The summed E-state index contributed by atoms with van der Waals surface area (Å²) >= 11 is 6.32. The number of nitrogens with zero attached hydrogens (tertiary/aromatic N) is 2. The molecule has 4 rings (SSSR count). The maximum Gasteiger partial charge on any atom is 0.412 e. The first-order valence-corrected chi connectivity index (χ1v) is 9.15. The van der Waals surface area contributed by atoms with Gasteiger partial charge in [-0.1, -0.05) is 35.0 Å². The van der Waals surface area contributed by atoms with E-state index in [9.17, 15) is 9.90 Å². The van der Waals surface area contributed by atoms with Crippen molar-refractivity contribution >= 4 is 34.3 Å². The van der Waals surface area contributed by atoms with Gasteiger partial charge in [-0.15, -0.1) is 0 Å². The van der Waals surface area contributed by atoms with Crippen LogP contribution in [0.4, 0.5) is 10.5 Å². The van der Waals surface area contributed by atoms with E-state index in [1.165, 1.54) is 4.90 Å². The van der Waals surface area contributed by atoms with Crippen molar-refractivity contribution in [1.82, 2.24) is 10.1 Å². The van der Waals surface area contributed by atoms with Crippen molar-refractivity contribution in [2.75, 3.05) is 4.90 Å². The van der Waals surface area contributed by atoms with Crippen LogP contribution in [0, 0.1) is 6.92 Å². The van der Waals surface area contributed by atoms with Gasteiger partial charge in [0.15, 0.2) is 5.76 Å². The number of carbonyl (C=O) groups is 1. The minimum Gasteiger partial charge on any atom is -0.465 e. The number of rotatable bonds is 4. The summed E-state index contributed by atoms with van der Waals surface area (Å²) in [5.74, 6) is 0.405. The summed E-state index contributed by atoms with van der Waals surface area (Å²) in [7, 11) is 0. The van der Waals surface area contributed by atoms with E-state index in [-0.39, 0.29) is 0 Å². The van der Waals surface area contributed by atoms with Crippen LogP contribution in [0.15, 0.2) is 59.3 Å². The lowest BCUT2D eigenvalue weighted by molar-refractivity contribution is 0.199. The van der Waals surface area contributed by atoms with Crippen molar-refractivity contribution in [3.63, 3.8) is 0 Å². The molecule has 2 aromatic heterocycles. The first-order chi connectivity index (χ1) is 13.5. The van der Waals surface area contributed by atoms with Gasteiger partial charge in [-0.25, -0.2) is 4.79 Å². The third-order valence-corrected chi connectivity index (χ3v) is 5.18. The normalized spacial score (nSPS) is 12.2. The quantitative estimate of drug-likeness (QED) is 0.442. The Morgan fingerprint density at radius 3 is 2.79 bits per heavy atom. The van der Waals surface area contributed by atoms with E-state index in [1.807, 2.05) is 48.7 Å². The first kappa shape index (κ1) is 18.1. The van der Waals surface area contributed by atoms with Gasteiger partial charge in [0.25, 0.3) is 0 Å². The van der Waals surface area contributed by atoms with Crippen molar-refractivity contribution in [3.05, 3.63) is 71.0 Å². The second-order valence-electron chi connectivity index (χ2n) is 6.58. The lowest BCUT2D eigenvalue weighted by Gasteiger charge is -2.27. The van der Waals surface area contributed by atoms with E-state index in [0.717, 1.165) is 16.5 Å². The molecule has 0 spiro atoms. The molecule has 2 N–H and O–H groups in total. The number of amides is 1. The van der Waals surface area contributed by atoms with Gasteiger partial charge in [-0.3, -0.25) is 4.90 Å². The number of anilines is 1. The highest BCUT2D eigenvalue weighted by Gasteiger charge is 2.31. The summed E-state index contributed by atoms with van der Waals surface area (Å²) in [6.07, 6.45) is 0.743. The number of aromatic amines is 1. The van der Waals surface area contributed by atoms with E-state index >= 15 is 0 Å². The lowest BCUT2D eigenvalue weighted by Crippen LogP contribution is -2.33. The van der Waals surface area contributed by atoms with Crippen LogP contribution in [0.2, 0.25) is 5.02 Å². The van der Waals surface area contributed by atoms with Gasteiger partial charge < -0.3 is 14.6 Å². The van der Waals surface area contributed by atoms with Gasteiger partial charge in [-0.2, -0.15) is 0 Å². The number of halogens is 1. The Morgan fingerprint density at radius 1 is 1.25 bits per heavy atom. The van der Waals surface area contributed by atoms with Crippen LogP contribution in [0.25, 0.3) is 22.2 Å². The van der Waals surface area contributed by atoms with Crippen LogP contribution in [0.5, 0.6) is 0 Å². The molecule has 0 saturated heterocycles. The molecule has 4 aromatic rings. The zero-order chi connectivity index (χ0) is 19.8. The molecular formula is C21H18ClN3O3. The van der Waals surface area contributed by atoms with Crippen molar-refractivity contribution in [3.8, 4) is 11.3 Å². The molecule has 0 bridgehead atoms. The van der Waals surface area contributed by atoms with Gasteiger partial charge in [0.1, 0.15) is 11.4 Å². The highest BCUT2D eigenvalue weighted by Crippen LogP contribution is 2.40. The monoisotopic (exact) mass is 395 g/mol. The van der Waals surface area contributed by atoms with Crippen molar-refractivity contribution in [2.45, 2.75) is 19.9 Å². The number of H-pyrrole nitrogens is 1. The lowest BCUT2D eigenvalue weighted by atomic mass is 10.0. The average molecular weight is 396 g/mol. The molecule has 6 nitrogen and oxygen atoms in total. The Kier molecular flexibility index (Phi) is 4.57. The van der Waals surface area contributed by atoms with Gasteiger partial charge in [-0.05, 0) is 49.7 Å². The Balaban J connectivity index is 1.85. The molecule has 142 valence electrons. The summed E-state index contributed by atoms with van der Waals surface area (Å²) in [4.78, 5) is 16.6. The van der Waals surface area contributed by atoms with E-state index in [2.05, 4.69) is 10.1 Å². The number of carboxylic acid groups (broad SMARTS) is 1. The Bertz CT molecular complexity index is 1160. The number of hydrogen-bond acceptors (Lipinski definition) is 3. The maximum absolute atomic E-state index is 12.2. The molecular weight excluding hydrogens is 378 g/mol. The first-order valence-electron chi connectivity index (χ1n) is 8.77. The minimum absolute atomic E-state index is 0.405. The SMILES string of the molecule is Cc1noc(-c2ccc3[nH]ccc3c2)c1N(C(=O)O)C(C)c1ccccc1Cl. The third kappa shape index (κ3) is 3.01. The second-order valence-corrected chi connectivity index (χ2v) is 6.98. The largest absolute Gasteiger partial charge is 0.465 e. The molecule has 0 saturated carbocycles. The Hall–Kier alpha value is -3.25. The molecule has 0 aliphatic carbocycles. The Labute approximate surface area is 166 Å². The highest BCUT2D eigenvalue weighted by molar-refractivity contribution is 6.31. The van der Waals surface area contributed by atoms with Crippen molar-refractivity contribution in [1.29, 1.82) is 0 Å². The topological polar surface area (TPSA) is 82.4 Å². The number of hydrogen-bond donors (Lipinski definition) is 2. The van der Waals surface area contributed by atoms with Crippen LogP contribution in [-0.2, 0) is 0 Å². The zero-order valence-corrected chi connectivity index (χ0v) is 16.1. The van der Waals surface area contributed by atoms with Gasteiger partial charge >= 0.3 is 6.09 Å². The fourth-order valence-corrected chi connectivity index (χ4v) is 3.73. The molecule has 0 fully saturated rings. The fourth-order valence-electron chi connectivity index (χ4n) is 3.44. The smallest absolute Gasteiger partial charge is 0.412 e. The summed E-state index contributed by atoms with van der Waals surface area (Å²) in [6, 6.07) is 14.4. The molecule has 2 aromatic carbocycles. The van der Waals surface area contributed by atoms with Gasteiger partial charge in [0, 0.05) is 27.7 Å². The van der Waals surface area contributed by atoms with E-state index < -0.39 is 12.1 Å². The maximum atomic E-state index is 12.2. The number of nitrogens with one attached hydrogen (secondary N) is 1. The van der Waals surface area contributed by atoms with Crippen molar-refractivity contribution in [2.24, 2.45) is 0 Å². The van der Waals surface area contributed by atoms with Gasteiger partial charge in [0.2, 0.25) is 0 Å². The predicted octanol–water partition coefficient (Wildman–Crippen LogP) is 6.03. The predicted molar refractivity (Wildman–Crippen MR) is 109 cm³/mol. The second kappa shape index (κ2) is 7.05. The fraction of sp³-hybridized carbons (Fsp3) is 0.143. The van der Waals surface area contributed by atoms with Gasteiger partial charge in [0.05, 0.1) is 6.04 Å². The molecule has 7 heteroatoms. The molecule has 0 aliphatic rings. The molecule has 28 heavy (non-hydrogen) atoms. The van der Waals surface area contributed by atoms with Crippen LogP contribution in [0.1, 0.15) is 24.2 Å². The van der Waals surface area contributed by atoms with Crippen molar-refractivity contribution < 1.29 is 14.4 Å². The number of benzene rings is 2. The number of aromatic nitrogens is 2. The number of aryl methyl sites for hydroxylation is 1. The van der Waals surface area contributed by atoms with Crippen LogP contribution >= 0.6 is 11.6 Å². The van der Waals surface area contributed by atoms with E-state index in [0.29, 0.717) is 27.7 Å². The van der Waals surface area contributed by atoms with Crippen LogP contribution in [-0.4, -0.2) is 21.3 Å². The molecule has 0 radical (unpaired) electrons. The zero-order valence-electron chi connectivity index (χ0n) is 15.3. The summed E-state index contributed by atoms with van der Waals surface area (Å²) < 4.78 is 5.56. The summed E-state index contributed by atoms with van der Waals surface area (Å²) in [5, 5.41) is 15.6. The van der Waals surface area contributed by atoms with E-state index in [4.69, 9.17) is 16.1 Å². The van der Waals surface area contributed by atoms with E-state index in [1.54, 1.807) is 19.9 Å². The summed E-state index contributed by atoms with van der Waals surface area (Å²) in [6.45, 7) is 3.52. The molecule has 1 atom stereocenters. The van der Waals surface area contributed by atoms with Crippen LogP contribution in [0.3, 0.4) is 0 Å².